The van der Waals surface area contributed by atoms with Gasteiger partial charge in [-0.1, -0.05) is 0 Å². The molecule has 0 bridgehead atoms. The lowest BCUT2D eigenvalue weighted by molar-refractivity contribution is -0.139. The fourth-order valence-electron chi connectivity index (χ4n) is 2.20. The fourth-order valence-corrected chi connectivity index (χ4v) is 3.28. The van der Waals surface area contributed by atoms with E-state index < -0.39 is 11.9 Å². The molecule has 2 N–H and O–H groups in total. The van der Waals surface area contributed by atoms with Crippen LogP contribution < -0.4 is 5.32 Å². The molecule has 1 unspecified atom stereocenters. The highest BCUT2D eigenvalue weighted by Gasteiger charge is 2.29. The highest BCUT2D eigenvalue weighted by Crippen LogP contribution is 2.37. The zero-order chi connectivity index (χ0) is 13.2. The zero-order valence-corrected chi connectivity index (χ0v) is 10.9. The van der Waals surface area contributed by atoms with Crippen molar-refractivity contribution in [3.05, 3.63) is 29.3 Å². The van der Waals surface area contributed by atoms with Gasteiger partial charge in [-0.3, -0.25) is 4.79 Å². The summed E-state index contributed by atoms with van der Waals surface area (Å²) in [4.78, 5) is 24.5. The molecule has 1 aliphatic rings. The number of thiazole rings is 1. The summed E-state index contributed by atoms with van der Waals surface area (Å²) in [6.45, 7) is 0. The van der Waals surface area contributed by atoms with Gasteiger partial charge in [-0.25, -0.2) is 15.0 Å². The Morgan fingerprint density at radius 1 is 1.42 bits per heavy atom. The van der Waals surface area contributed by atoms with E-state index in [0.29, 0.717) is 17.2 Å². The molecule has 0 radical (unpaired) electrons. The average molecular weight is 276 g/mol. The number of fused-ring (bicyclic) bond motifs is 1. The van der Waals surface area contributed by atoms with Gasteiger partial charge in [0.1, 0.15) is 12.2 Å². The molecule has 7 heteroatoms. The van der Waals surface area contributed by atoms with E-state index in [1.807, 2.05) is 0 Å². The second-order valence-electron chi connectivity index (χ2n) is 4.36. The molecule has 0 saturated carbocycles. The molecule has 98 valence electrons. The minimum atomic E-state index is -0.791. The van der Waals surface area contributed by atoms with Crippen molar-refractivity contribution >= 4 is 28.1 Å². The van der Waals surface area contributed by atoms with Crippen molar-refractivity contribution in [2.45, 2.75) is 25.2 Å². The van der Waals surface area contributed by atoms with Crippen LogP contribution in [-0.4, -0.2) is 26.0 Å². The van der Waals surface area contributed by atoms with Gasteiger partial charge in [-0.05, 0) is 19.3 Å². The van der Waals surface area contributed by atoms with Crippen LogP contribution >= 0.6 is 11.3 Å². The quantitative estimate of drug-likeness (QED) is 0.893. The molecule has 0 aliphatic heterocycles. The molecule has 6 nitrogen and oxygen atoms in total. The molecule has 0 amide bonds. The number of hydrogen-bond acceptors (Lipinski definition) is 6. The van der Waals surface area contributed by atoms with Crippen molar-refractivity contribution in [2.24, 2.45) is 0 Å². The van der Waals surface area contributed by atoms with Gasteiger partial charge in [0.2, 0.25) is 0 Å². The lowest BCUT2D eigenvalue weighted by Crippen LogP contribution is -2.17. The number of carboxylic acids is 1. The van der Waals surface area contributed by atoms with Crippen molar-refractivity contribution in [2.75, 3.05) is 5.32 Å². The third-order valence-corrected chi connectivity index (χ3v) is 4.11. The number of aromatic nitrogens is 3. The summed E-state index contributed by atoms with van der Waals surface area (Å²) in [5.74, 6) is -1.26. The van der Waals surface area contributed by atoms with Gasteiger partial charge >= 0.3 is 5.97 Å². The molecule has 0 aromatic carbocycles. The van der Waals surface area contributed by atoms with Gasteiger partial charge < -0.3 is 10.4 Å². The van der Waals surface area contributed by atoms with Crippen LogP contribution in [-0.2, 0) is 11.2 Å². The molecule has 1 aliphatic carbocycles. The van der Waals surface area contributed by atoms with E-state index >= 15 is 0 Å². The van der Waals surface area contributed by atoms with Gasteiger partial charge in [0.25, 0.3) is 0 Å². The molecule has 19 heavy (non-hydrogen) atoms. The Morgan fingerprint density at radius 3 is 2.95 bits per heavy atom. The number of nitrogens with one attached hydrogen (secondary N) is 1. The monoisotopic (exact) mass is 276 g/mol. The van der Waals surface area contributed by atoms with Crippen molar-refractivity contribution in [3.8, 4) is 0 Å². The number of carbonyl (C=O) groups is 1. The fraction of sp³-hybridized carbons (Fsp3) is 0.333. The van der Waals surface area contributed by atoms with Crippen LogP contribution in [0.2, 0.25) is 0 Å². The maximum atomic E-state index is 11.2. The first-order chi connectivity index (χ1) is 9.24. The number of hydrogen-bond donors (Lipinski definition) is 2. The SMILES string of the molecule is O=C(O)C1CCCc2sc(Nc3cncnc3)nc21. The van der Waals surface area contributed by atoms with Crippen molar-refractivity contribution < 1.29 is 9.90 Å². The summed E-state index contributed by atoms with van der Waals surface area (Å²) >= 11 is 1.51. The maximum absolute atomic E-state index is 11.2. The van der Waals surface area contributed by atoms with Gasteiger partial charge in [-0.2, -0.15) is 0 Å². The molecule has 0 saturated heterocycles. The van der Waals surface area contributed by atoms with E-state index in [2.05, 4.69) is 20.3 Å². The van der Waals surface area contributed by atoms with Crippen LogP contribution in [0.1, 0.15) is 29.3 Å². The second-order valence-corrected chi connectivity index (χ2v) is 5.45. The van der Waals surface area contributed by atoms with Crippen LogP contribution in [0.25, 0.3) is 0 Å². The molecule has 1 atom stereocenters. The number of carboxylic acid groups (broad SMARTS) is 1. The van der Waals surface area contributed by atoms with E-state index in [9.17, 15) is 9.90 Å². The molecule has 2 aromatic heterocycles. The molecule has 0 fully saturated rings. The van der Waals surface area contributed by atoms with Gasteiger partial charge in [-0.15, -0.1) is 11.3 Å². The molecule has 3 rings (SSSR count). The number of rotatable bonds is 3. The summed E-state index contributed by atoms with van der Waals surface area (Å²) in [7, 11) is 0. The topological polar surface area (TPSA) is 88.0 Å². The predicted molar refractivity (Wildman–Crippen MR) is 70.7 cm³/mol. The first kappa shape index (κ1) is 12.0. The summed E-state index contributed by atoms with van der Waals surface area (Å²) in [5, 5.41) is 13.0. The highest BCUT2D eigenvalue weighted by atomic mass is 32.1. The Balaban J connectivity index is 1.87. The van der Waals surface area contributed by atoms with E-state index in [1.165, 1.54) is 17.7 Å². The first-order valence-electron chi connectivity index (χ1n) is 5.98. The molecule has 2 aromatic rings. The average Bonchev–Trinajstić information content (AvgIpc) is 2.81. The van der Waals surface area contributed by atoms with Crippen molar-refractivity contribution in [3.63, 3.8) is 0 Å². The van der Waals surface area contributed by atoms with Crippen molar-refractivity contribution in [1.82, 2.24) is 15.0 Å². The number of aliphatic carboxylic acids is 1. The third kappa shape index (κ3) is 2.41. The molecular formula is C12H12N4O2S. The second kappa shape index (κ2) is 4.93. The van der Waals surface area contributed by atoms with Gasteiger partial charge in [0, 0.05) is 4.88 Å². The lowest BCUT2D eigenvalue weighted by Gasteiger charge is -2.16. The van der Waals surface area contributed by atoms with Crippen LogP contribution in [0.4, 0.5) is 10.8 Å². The Kier molecular flexibility index (Phi) is 3.12. The smallest absolute Gasteiger partial charge is 0.312 e. The number of nitrogens with zero attached hydrogens (tertiary/aromatic N) is 3. The van der Waals surface area contributed by atoms with Crippen LogP contribution in [0, 0.1) is 0 Å². The van der Waals surface area contributed by atoms with Crippen molar-refractivity contribution in [1.29, 1.82) is 0 Å². The highest BCUT2D eigenvalue weighted by molar-refractivity contribution is 7.15. The molecular weight excluding hydrogens is 264 g/mol. The lowest BCUT2D eigenvalue weighted by atomic mass is 9.91. The van der Waals surface area contributed by atoms with Gasteiger partial charge in [0.05, 0.1) is 23.8 Å². The Bertz CT molecular complexity index is 599. The number of aryl methyl sites for hydroxylation is 1. The van der Waals surface area contributed by atoms with E-state index in [1.54, 1.807) is 12.4 Å². The van der Waals surface area contributed by atoms with E-state index in [4.69, 9.17) is 0 Å². The normalized spacial score (nSPS) is 17.8. The largest absolute Gasteiger partial charge is 0.481 e. The summed E-state index contributed by atoms with van der Waals surface area (Å²) in [6, 6.07) is 0. The Hall–Kier alpha value is -2.02. The minimum absolute atomic E-state index is 0.470. The molecule has 0 spiro atoms. The predicted octanol–water partition coefficient (Wildman–Crippen LogP) is 2.18. The maximum Gasteiger partial charge on any atom is 0.312 e. The number of anilines is 2. The van der Waals surface area contributed by atoms with Gasteiger partial charge in [0.15, 0.2) is 5.13 Å². The minimum Gasteiger partial charge on any atom is -0.481 e. The zero-order valence-electron chi connectivity index (χ0n) is 10.0. The van der Waals surface area contributed by atoms with E-state index in [-0.39, 0.29) is 0 Å². The van der Waals surface area contributed by atoms with Crippen LogP contribution in [0.5, 0.6) is 0 Å². The van der Waals surface area contributed by atoms with Crippen LogP contribution in [0.3, 0.4) is 0 Å². The Morgan fingerprint density at radius 2 is 2.21 bits per heavy atom. The van der Waals surface area contributed by atoms with E-state index in [0.717, 1.165) is 23.4 Å². The van der Waals surface area contributed by atoms with Crippen LogP contribution in [0.15, 0.2) is 18.7 Å². The standard InChI is InChI=1S/C12H12N4O2S/c17-11(18)8-2-1-3-9-10(8)16-12(19-9)15-7-4-13-6-14-5-7/h4-6,8H,1-3H2,(H,15,16)(H,17,18). The third-order valence-electron chi connectivity index (χ3n) is 3.06. The first-order valence-corrected chi connectivity index (χ1v) is 6.80. The summed E-state index contributed by atoms with van der Waals surface area (Å²) in [5.41, 5.74) is 1.46. The summed E-state index contributed by atoms with van der Waals surface area (Å²) in [6.07, 6.45) is 7.24. The molecule has 2 heterocycles. The summed E-state index contributed by atoms with van der Waals surface area (Å²) < 4.78 is 0. The Labute approximate surface area is 113 Å².